The summed E-state index contributed by atoms with van der Waals surface area (Å²) in [5, 5.41) is 10.1. The number of pyridine rings is 1. The Morgan fingerprint density at radius 2 is 2.33 bits per heavy atom. The Bertz CT molecular complexity index is 462. The fourth-order valence-corrected chi connectivity index (χ4v) is 1.61. The lowest BCUT2D eigenvalue weighted by Crippen LogP contribution is -2.27. The predicted molar refractivity (Wildman–Crippen MR) is 56.6 cm³/mol. The number of rotatable bonds is 3. The fourth-order valence-electron chi connectivity index (χ4n) is 1.61. The summed E-state index contributed by atoms with van der Waals surface area (Å²) in [6.07, 6.45) is 5.47. The van der Waals surface area contributed by atoms with E-state index in [1.165, 1.54) is 0 Å². The van der Waals surface area contributed by atoms with Crippen molar-refractivity contribution < 1.29 is 9.84 Å². The van der Waals surface area contributed by atoms with E-state index < -0.39 is 5.60 Å². The van der Waals surface area contributed by atoms with Gasteiger partial charge >= 0.3 is 0 Å². The van der Waals surface area contributed by atoms with Crippen LogP contribution in [0.2, 0.25) is 0 Å². The smallest absolute Gasteiger partial charge is 0.137 e. The van der Waals surface area contributed by atoms with Gasteiger partial charge in [-0.1, -0.05) is 0 Å². The van der Waals surface area contributed by atoms with Gasteiger partial charge in [-0.3, -0.25) is 0 Å². The standard InChI is InChI=1S/C11H14N2O2/c1-11(14,8-15-2)9-3-5-13-6-4-12-10(13)7-9/h3-7,14H,8H2,1-2H3. The van der Waals surface area contributed by atoms with Crippen molar-refractivity contribution in [3.63, 3.8) is 0 Å². The normalized spacial score (nSPS) is 15.4. The van der Waals surface area contributed by atoms with Crippen LogP contribution >= 0.6 is 0 Å². The molecule has 1 atom stereocenters. The molecule has 0 fully saturated rings. The van der Waals surface area contributed by atoms with E-state index in [4.69, 9.17) is 4.74 Å². The number of hydrogen-bond donors (Lipinski definition) is 1. The number of imidazole rings is 1. The molecule has 15 heavy (non-hydrogen) atoms. The third-order valence-electron chi connectivity index (χ3n) is 2.45. The average Bonchev–Trinajstić information content (AvgIpc) is 2.63. The number of methoxy groups -OCH3 is 1. The van der Waals surface area contributed by atoms with Gasteiger partial charge < -0.3 is 14.2 Å². The monoisotopic (exact) mass is 206 g/mol. The van der Waals surface area contributed by atoms with Crippen LogP contribution in [-0.2, 0) is 10.3 Å². The molecule has 1 unspecified atom stereocenters. The molecule has 0 aliphatic carbocycles. The molecule has 2 aromatic heterocycles. The molecular formula is C11H14N2O2. The molecular weight excluding hydrogens is 192 g/mol. The molecule has 0 aromatic carbocycles. The van der Waals surface area contributed by atoms with Crippen LogP contribution in [0, 0.1) is 0 Å². The highest BCUT2D eigenvalue weighted by Crippen LogP contribution is 2.21. The lowest BCUT2D eigenvalue weighted by Gasteiger charge is -2.22. The molecule has 0 spiro atoms. The third kappa shape index (κ3) is 1.86. The molecule has 0 saturated carbocycles. The van der Waals surface area contributed by atoms with Crippen LogP contribution in [0.15, 0.2) is 30.7 Å². The summed E-state index contributed by atoms with van der Waals surface area (Å²) in [6.45, 7) is 2.00. The summed E-state index contributed by atoms with van der Waals surface area (Å²) in [5.41, 5.74) is 0.662. The van der Waals surface area contributed by atoms with E-state index in [0.29, 0.717) is 0 Å². The quantitative estimate of drug-likeness (QED) is 0.820. The van der Waals surface area contributed by atoms with E-state index in [1.54, 1.807) is 20.2 Å². The average molecular weight is 206 g/mol. The Morgan fingerprint density at radius 1 is 1.53 bits per heavy atom. The Kier molecular flexibility index (Phi) is 2.46. The number of nitrogens with zero attached hydrogens (tertiary/aromatic N) is 2. The zero-order valence-corrected chi connectivity index (χ0v) is 8.84. The minimum Gasteiger partial charge on any atom is -0.383 e. The molecule has 4 nitrogen and oxygen atoms in total. The lowest BCUT2D eigenvalue weighted by atomic mass is 9.98. The van der Waals surface area contributed by atoms with E-state index >= 15 is 0 Å². The van der Waals surface area contributed by atoms with E-state index in [1.807, 2.05) is 28.9 Å². The summed E-state index contributed by atoms with van der Waals surface area (Å²) in [5.74, 6) is 0. The van der Waals surface area contributed by atoms with Crippen LogP contribution in [-0.4, -0.2) is 28.2 Å². The largest absolute Gasteiger partial charge is 0.383 e. The summed E-state index contributed by atoms with van der Waals surface area (Å²) < 4.78 is 6.87. The van der Waals surface area contributed by atoms with Crippen LogP contribution < -0.4 is 0 Å². The van der Waals surface area contributed by atoms with E-state index in [2.05, 4.69) is 4.98 Å². The van der Waals surface area contributed by atoms with Gasteiger partial charge in [0.15, 0.2) is 0 Å². The topological polar surface area (TPSA) is 46.8 Å². The maximum absolute atomic E-state index is 10.1. The highest BCUT2D eigenvalue weighted by Gasteiger charge is 2.23. The molecule has 2 aromatic rings. The Morgan fingerprint density at radius 3 is 3.07 bits per heavy atom. The van der Waals surface area contributed by atoms with Crippen LogP contribution in [0.4, 0.5) is 0 Å². The van der Waals surface area contributed by atoms with Gasteiger partial charge in [0.2, 0.25) is 0 Å². The molecule has 0 radical (unpaired) electrons. The van der Waals surface area contributed by atoms with E-state index in [0.717, 1.165) is 11.2 Å². The second-order valence-corrected chi connectivity index (χ2v) is 3.81. The van der Waals surface area contributed by atoms with Gasteiger partial charge in [0.25, 0.3) is 0 Å². The molecule has 80 valence electrons. The van der Waals surface area contributed by atoms with Gasteiger partial charge in [-0.15, -0.1) is 0 Å². The molecule has 0 aliphatic heterocycles. The first-order valence-corrected chi connectivity index (χ1v) is 4.78. The summed E-state index contributed by atoms with van der Waals surface area (Å²) in [6, 6.07) is 3.73. The Balaban J connectivity index is 2.42. The zero-order valence-electron chi connectivity index (χ0n) is 8.84. The van der Waals surface area contributed by atoms with Crippen molar-refractivity contribution in [3.05, 3.63) is 36.3 Å². The number of hydrogen-bond acceptors (Lipinski definition) is 3. The highest BCUT2D eigenvalue weighted by atomic mass is 16.5. The predicted octanol–water partition coefficient (Wildman–Crippen LogP) is 1.19. The van der Waals surface area contributed by atoms with E-state index in [-0.39, 0.29) is 6.61 Å². The van der Waals surface area contributed by atoms with Crippen molar-refractivity contribution in [1.82, 2.24) is 9.38 Å². The number of ether oxygens (including phenoxy) is 1. The summed E-state index contributed by atoms with van der Waals surface area (Å²) in [4.78, 5) is 4.16. The highest BCUT2D eigenvalue weighted by molar-refractivity contribution is 5.42. The molecule has 0 aliphatic rings. The van der Waals surface area contributed by atoms with Crippen LogP contribution in [0.25, 0.3) is 5.65 Å². The van der Waals surface area contributed by atoms with Crippen LogP contribution in [0.5, 0.6) is 0 Å². The molecule has 0 bridgehead atoms. The van der Waals surface area contributed by atoms with Crippen molar-refractivity contribution >= 4 is 5.65 Å². The zero-order chi connectivity index (χ0) is 10.9. The second kappa shape index (κ2) is 3.64. The molecule has 1 N–H and O–H groups in total. The minimum atomic E-state index is -0.970. The summed E-state index contributed by atoms with van der Waals surface area (Å²) in [7, 11) is 1.57. The molecule has 2 rings (SSSR count). The number of fused-ring (bicyclic) bond motifs is 1. The van der Waals surface area contributed by atoms with Crippen LogP contribution in [0.1, 0.15) is 12.5 Å². The molecule has 0 amide bonds. The first kappa shape index (κ1) is 10.1. The van der Waals surface area contributed by atoms with Crippen molar-refractivity contribution in [2.45, 2.75) is 12.5 Å². The fraction of sp³-hybridized carbons (Fsp3) is 0.364. The third-order valence-corrected chi connectivity index (χ3v) is 2.45. The van der Waals surface area contributed by atoms with Crippen molar-refractivity contribution in [2.75, 3.05) is 13.7 Å². The van der Waals surface area contributed by atoms with Crippen LogP contribution in [0.3, 0.4) is 0 Å². The molecule has 0 saturated heterocycles. The van der Waals surface area contributed by atoms with Gasteiger partial charge in [-0.05, 0) is 24.6 Å². The van der Waals surface area contributed by atoms with E-state index in [9.17, 15) is 5.11 Å². The van der Waals surface area contributed by atoms with Gasteiger partial charge in [0, 0.05) is 25.7 Å². The Labute approximate surface area is 88.1 Å². The lowest BCUT2D eigenvalue weighted by molar-refractivity contribution is -0.0208. The Hall–Kier alpha value is -1.39. The molecule has 4 heteroatoms. The maximum atomic E-state index is 10.1. The van der Waals surface area contributed by atoms with Gasteiger partial charge in [0.1, 0.15) is 11.2 Å². The minimum absolute atomic E-state index is 0.268. The summed E-state index contributed by atoms with van der Waals surface area (Å²) >= 11 is 0. The van der Waals surface area contributed by atoms with Gasteiger partial charge in [-0.25, -0.2) is 4.98 Å². The van der Waals surface area contributed by atoms with Crippen molar-refractivity contribution in [2.24, 2.45) is 0 Å². The molecule has 2 heterocycles. The van der Waals surface area contributed by atoms with Crippen molar-refractivity contribution in [1.29, 1.82) is 0 Å². The van der Waals surface area contributed by atoms with Gasteiger partial charge in [-0.2, -0.15) is 0 Å². The first-order chi connectivity index (χ1) is 7.13. The van der Waals surface area contributed by atoms with Crippen molar-refractivity contribution in [3.8, 4) is 0 Å². The number of aliphatic hydroxyl groups is 1. The maximum Gasteiger partial charge on any atom is 0.137 e. The number of aromatic nitrogens is 2. The second-order valence-electron chi connectivity index (χ2n) is 3.81. The first-order valence-electron chi connectivity index (χ1n) is 4.78. The SMILES string of the molecule is COCC(C)(O)c1ccn2ccnc2c1. The van der Waals surface area contributed by atoms with Gasteiger partial charge in [0.05, 0.1) is 6.61 Å².